The molecule has 0 unspecified atom stereocenters. The molecule has 2 aliphatic heterocycles. The first-order valence-electron chi connectivity index (χ1n) is 10.8. The van der Waals surface area contributed by atoms with Crippen LogP contribution in [0.2, 0.25) is 0 Å². The van der Waals surface area contributed by atoms with Gasteiger partial charge in [-0.3, -0.25) is 0 Å². The van der Waals surface area contributed by atoms with Gasteiger partial charge in [0, 0.05) is 30.0 Å². The van der Waals surface area contributed by atoms with Gasteiger partial charge in [-0.25, -0.2) is 14.8 Å². The van der Waals surface area contributed by atoms with Gasteiger partial charge in [-0.15, -0.1) is 0 Å². The molecule has 160 valence electrons. The van der Waals surface area contributed by atoms with Crippen LogP contribution in [0.15, 0.2) is 36.7 Å². The molecular weight excluding hydrogens is 378 g/mol. The molecule has 2 bridgehead atoms. The molecule has 2 fully saturated rings. The van der Waals surface area contributed by atoms with Gasteiger partial charge >= 0.3 is 12.1 Å². The average molecular weight is 410 g/mol. The summed E-state index contributed by atoms with van der Waals surface area (Å²) in [4.78, 5) is 23.3. The monoisotopic (exact) mass is 409 g/mol. The zero-order valence-electron chi connectivity index (χ0n) is 18.3. The van der Waals surface area contributed by atoms with Crippen molar-refractivity contribution in [1.29, 1.82) is 0 Å². The quantitative estimate of drug-likeness (QED) is 0.710. The van der Waals surface area contributed by atoms with Crippen molar-refractivity contribution in [2.45, 2.75) is 71.1 Å². The van der Waals surface area contributed by atoms with E-state index < -0.39 is 5.60 Å². The van der Waals surface area contributed by atoms with E-state index in [2.05, 4.69) is 41.2 Å². The van der Waals surface area contributed by atoms with Crippen molar-refractivity contribution in [3.8, 4) is 17.1 Å². The Balaban J connectivity index is 1.31. The molecule has 4 rings (SSSR count). The zero-order chi connectivity index (χ0) is 21.3. The highest BCUT2D eigenvalue weighted by Gasteiger charge is 2.44. The van der Waals surface area contributed by atoms with Crippen molar-refractivity contribution >= 4 is 6.09 Å². The van der Waals surface area contributed by atoms with E-state index in [9.17, 15) is 4.79 Å². The number of amides is 1. The number of piperidine rings is 1. The van der Waals surface area contributed by atoms with E-state index in [-0.39, 0.29) is 18.2 Å². The third-order valence-corrected chi connectivity index (χ3v) is 5.90. The van der Waals surface area contributed by atoms with Crippen LogP contribution in [0.4, 0.5) is 4.79 Å². The fraction of sp³-hybridized carbons (Fsp3) is 0.542. The third kappa shape index (κ3) is 4.74. The molecule has 0 spiro atoms. The van der Waals surface area contributed by atoms with Crippen molar-refractivity contribution in [2.75, 3.05) is 6.61 Å². The largest absolute Gasteiger partial charge is 0.463 e. The lowest BCUT2D eigenvalue weighted by molar-refractivity contribution is -0.00124. The van der Waals surface area contributed by atoms with Gasteiger partial charge in [0.25, 0.3) is 0 Å². The minimum absolute atomic E-state index is 0.176. The highest BCUT2D eigenvalue weighted by atomic mass is 16.6. The maximum atomic E-state index is 12.6. The second-order valence-corrected chi connectivity index (χ2v) is 9.54. The number of fused-ring (bicyclic) bond motifs is 2. The summed E-state index contributed by atoms with van der Waals surface area (Å²) in [6.07, 6.45) is 7.41. The Kier molecular flexibility index (Phi) is 5.67. The second-order valence-electron chi connectivity index (χ2n) is 9.54. The maximum Gasteiger partial charge on any atom is 0.410 e. The van der Waals surface area contributed by atoms with E-state index in [1.54, 1.807) is 0 Å². The topological polar surface area (TPSA) is 64.5 Å². The molecule has 1 amide bonds. The summed E-state index contributed by atoms with van der Waals surface area (Å²) in [5, 5.41) is 0. The molecule has 6 heteroatoms. The number of aromatic nitrogens is 2. The second kappa shape index (κ2) is 8.25. The number of hydrogen-bond acceptors (Lipinski definition) is 5. The van der Waals surface area contributed by atoms with Crippen molar-refractivity contribution in [3.05, 3.63) is 42.2 Å². The van der Waals surface area contributed by atoms with Crippen LogP contribution in [-0.4, -0.2) is 45.3 Å². The van der Waals surface area contributed by atoms with Crippen molar-refractivity contribution in [1.82, 2.24) is 14.9 Å². The Morgan fingerprint density at radius 2 is 1.63 bits per heavy atom. The van der Waals surface area contributed by atoms with E-state index in [1.807, 2.05) is 38.1 Å². The number of carbonyl (C=O) groups is 1. The summed E-state index contributed by atoms with van der Waals surface area (Å²) in [5.74, 6) is 0.404. The first-order valence-corrected chi connectivity index (χ1v) is 10.8. The SMILES string of the molecule is Cc1ccc(-c2cnc(OCC3C[C@@H]4CC[C@@H](C3)N4C(=O)OC(C)(C)C)nc2)cc1. The van der Waals surface area contributed by atoms with E-state index >= 15 is 0 Å². The molecule has 1 aromatic heterocycles. The number of carbonyl (C=O) groups excluding carboxylic acids is 1. The summed E-state index contributed by atoms with van der Waals surface area (Å²) in [5.41, 5.74) is 2.84. The van der Waals surface area contributed by atoms with Gasteiger partial charge < -0.3 is 14.4 Å². The minimum atomic E-state index is -0.460. The molecular formula is C24H31N3O3. The van der Waals surface area contributed by atoms with Gasteiger partial charge in [0.2, 0.25) is 0 Å². The van der Waals surface area contributed by atoms with Crippen LogP contribution >= 0.6 is 0 Å². The first kappa shape index (κ1) is 20.6. The van der Waals surface area contributed by atoms with Crippen LogP contribution in [-0.2, 0) is 4.74 Å². The van der Waals surface area contributed by atoms with Crippen LogP contribution in [0, 0.1) is 12.8 Å². The number of ether oxygens (including phenoxy) is 2. The lowest BCUT2D eigenvalue weighted by atomic mass is 9.92. The fourth-order valence-corrected chi connectivity index (χ4v) is 4.52. The van der Waals surface area contributed by atoms with E-state index in [4.69, 9.17) is 9.47 Å². The third-order valence-electron chi connectivity index (χ3n) is 5.90. The smallest absolute Gasteiger partial charge is 0.410 e. The summed E-state index contributed by atoms with van der Waals surface area (Å²) < 4.78 is 11.5. The lowest BCUT2D eigenvalue weighted by Crippen LogP contribution is -2.49. The molecule has 2 aromatic rings. The molecule has 2 aliphatic rings. The molecule has 0 radical (unpaired) electrons. The average Bonchev–Trinajstić information content (AvgIpc) is 2.97. The van der Waals surface area contributed by atoms with Crippen molar-refractivity contribution < 1.29 is 14.3 Å². The maximum absolute atomic E-state index is 12.6. The zero-order valence-corrected chi connectivity index (χ0v) is 18.3. The molecule has 2 saturated heterocycles. The van der Waals surface area contributed by atoms with Crippen LogP contribution < -0.4 is 4.74 Å². The summed E-state index contributed by atoms with van der Waals surface area (Å²) in [6, 6.07) is 9.21. The molecule has 0 saturated carbocycles. The van der Waals surface area contributed by atoms with E-state index in [0.717, 1.165) is 36.8 Å². The number of nitrogens with zero attached hydrogens (tertiary/aromatic N) is 3. The Morgan fingerprint density at radius 1 is 1.03 bits per heavy atom. The Labute approximate surface area is 178 Å². The van der Waals surface area contributed by atoms with Crippen LogP contribution in [0.1, 0.15) is 52.0 Å². The summed E-state index contributed by atoms with van der Waals surface area (Å²) in [6.45, 7) is 8.40. The predicted molar refractivity (Wildman–Crippen MR) is 115 cm³/mol. The standard InChI is InChI=1S/C24H31N3O3/c1-16-5-7-18(8-6-16)19-13-25-22(26-14-19)29-15-17-11-20-9-10-21(12-17)27(20)23(28)30-24(2,3)4/h5-8,13-14,17,20-21H,9-12,15H2,1-4H3/t20-,21-/m0/s1. The van der Waals surface area contributed by atoms with Crippen LogP contribution in [0.3, 0.4) is 0 Å². The van der Waals surface area contributed by atoms with Gasteiger partial charge in [0.05, 0.1) is 6.61 Å². The highest BCUT2D eigenvalue weighted by Crippen LogP contribution is 2.39. The molecule has 6 nitrogen and oxygen atoms in total. The summed E-state index contributed by atoms with van der Waals surface area (Å²) >= 11 is 0. The number of aryl methyl sites for hydroxylation is 1. The van der Waals surface area contributed by atoms with Crippen molar-refractivity contribution in [3.63, 3.8) is 0 Å². The van der Waals surface area contributed by atoms with E-state index in [0.29, 0.717) is 18.5 Å². The lowest BCUT2D eigenvalue weighted by Gasteiger charge is -2.39. The van der Waals surface area contributed by atoms with Crippen molar-refractivity contribution in [2.24, 2.45) is 5.92 Å². The van der Waals surface area contributed by atoms with Gasteiger partial charge in [-0.1, -0.05) is 29.8 Å². The number of benzene rings is 1. The summed E-state index contributed by atoms with van der Waals surface area (Å²) in [7, 11) is 0. The van der Waals surface area contributed by atoms with Crippen LogP contribution in [0.25, 0.3) is 11.1 Å². The van der Waals surface area contributed by atoms with Gasteiger partial charge in [-0.05, 0) is 64.9 Å². The Bertz CT molecular complexity index is 860. The van der Waals surface area contributed by atoms with Gasteiger partial charge in [0.1, 0.15) is 5.60 Å². The highest BCUT2D eigenvalue weighted by molar-refractivity contribution is 5.69. The fourth-order valence-electron chi connectivity index (χ4n) is 4.52. The van der Waals surface area contributed by atoms with Gasteiger partial charge in [0.15, 0.2) is 0 Å². The Morgan fingerprint density at radius 3 is 2.20 bits per heavy atom. The molecule has 30 heavy (non-hydrogen) atoms. The molecule has 3 heterocycles. The number of rotatable bonds is 4. The molecule has 1 aromatic carbocycles. The normalized spacial score (nSPS) is 23.3. The first-order chi connectivity index (χ1) is 14.3. The molecule has 0 aliphatic carbocycles. The number of hydrogen-bond donors (Lipinski definition) is 0. The van der Waals surface area contributed by atoms with Gasteiger partial charge in [-0.2, -0.15) is 0 Å². The molecule has 0 N–H and O–H groups in total. The minimum Gasteiger partial charge on any atom is -0.463 e. The Hall–Kier alpha value is -2.63. The predicted octanol–water partition coefficient (Wildman–Crippen LogP) is 5.01. The van der Waals surface area contributed by atoms with E-state index in [1.165, 1.54) is 5.56 Å². The molecule has 2 atom stereocenters. The van der Waals surface area contributed by atoms with Crippen LogP contribution in [0.5, 0.6) is 6.01 Å².